The fraction of sp³-hybridized carbons (Fsp3) is 0.273. The van der Waals surface area contributed by atoms with E-state index in [4.69, 9.17) is 5.11 Å². The molecule has 1 amide bonds. The van der Waals surface area contributed by atoms with Crippen LogP contribution in [0.1, 0.15) is 5.56 Å². The molecule has 7 heteroatoms. The third kappa shape index (κ3) is 1.97. The lowest BCUT2D eigenvalue weighted by atomic mass is 10.2. The van der Waals surface area contributed by atoms with Gasteiger partial charge in [-0.3, -0.25) is 4.79 Å². The van der Waals surface area contributed by atoms with Gasteiger partial charge in [0.05, 0.1) is 16.3 Å². The summed E-state index contributed by atoms with van der Waals surface area (Å²) in [6.07, 6.45) is 0. The number of aliphatic carboxylic acids is 1. The normalized spacial score (nSPS) is 17.1. The van der Waals surface area contributed by atoms with Crippen LogP contribution >= 0.6 is 0 Å². The predicted octanol–water partition coefficient (Wildman–Crippen LogP) is 0.200. The van der Waals surface area contributed by atoms with E-state index in [1.807, 2.05) is 0 Å². The zero-order chi connectivity index (χ0) is 13.5. The number of fused-ring (bicyclic) bond motifs is 1. The van der Waals surface area contributed by atoms with E-state index in [2.05, 4.69) is 0 Å². The number of carboxylic acid groups (broad SMARTS) is 1. The van der Waals surface area contributed by atoms with Crippen LogP contribution in [0, 0.1) is 6.92 Å². The van der Waals surface area contributed by atoms with Gasteiger partial charge >= 0.3 is 11.9 Å². The van der Waals surface area contributed by atoms with Gasteiger partial charge in [0, 0.05) is 6.54 Å². The zero-order valence-electron chi connectivity index (χ0n) is 9.58. The van der Waals surface area contributed by atoms with Gasteiger partial charge in [0.15, 0.2) is 9.84 Å². The van der Waals surface area contributed by atoms with Gasteiger partial charge in [-0.1, -0.05) is 6.07 Å². The van der Waals surface area contributed by atoms with Crippen molar-refractivity contribution in [1.82, 2.24) is 0 Å². The van der Waals surface area contributed by atoms with Crippen LogP contribution in [-0.2, 0) is 19.4 Å². The molecule has 1 aliphatic heterocycles. The van der Waals surface area contributed by atoms with E-state index >= 15 is 0 Å². The highest BCUT2D eigenvalue weighted by molar-refractivity contribution is 7.91. The number of carboxylic acids is 1. The topological polar surface area (TPSA) is 91.8 Å². The molecule has 2 rings (SSSR count). The Morgan fingerprint density at radius 3 is 2.61 bits per heavy atom. The van der Waals surface area contributed by atoms with Crippen molar-refractivity contribution in [3.8, 4) is 0 Å². The lowest BCUT2D eigenvalue weighted by Gasteiger charge is -2.28. The van der Waals surface area contributed by atoms with Crippen LogP contribution in [0.15, 0.2) is 23.1 Å². The lowest BCUT2D eigenvalue weighted by molar-refractivity contribution is -0.148. The summed E-state index contributed by atoms with van der Waals surface area (Å²) in [5.74, 6) is -2.97. The number of rotatable bonds is 0. The van der Waals surface area contributed by atoms with E-state index in [0.29, 0.717) is 0 Å². The monoisotopic (exact) mass is 269 g/mol. The first-order chi connectivity index (χ1) is 8.33. The van der Waals surface area contributed by atoms with E-state index < -0.39 is 21.7 Å². The van der Waals surface area contributed by atoms with Gasteiger partial charge in [-0.25, -0.2) is 13.2 Å². The molecule has 1 N–H and O–H groups in total. The second-order valence-corrected chi connectivity index (χ2v) is 6.13. The van der Waals surface area contributed by atoms with Gasteiger partial charge in [0.2, 0.25) is 0 Å². The molecule has 0 saturated heterocycles. The summed E-state index contributed by atoms with van der Waals surface area (Å²) >= 11 is 0. The summed E-state index contributed by atoms with van der Waals surface area (Å²) in [6, 6.07) is 4.53. The average molecular weight is 269 g/mol. The van der Waals surface area contributed by atoms with Crippen LogP contribution < -0.4 is 4.90 Å². The zero-order valence-corrected chi connectivity index (χ0v) is 10.4. The Bertz CT molecular complexity index is 635. The Balaban J connectivity index is 2.62. The molecule has 0 unspecified atom stereocenters. The van der Waals surface area contributed by atoms with Crippen molar-refractivity contribution in [1.29, 1.82) is 0 Å². The molecule has 6 nitrogen and oxygen atoms in total. The van der Waals surface area contributed by atoms with Crippen LogP contribution in [0.25, 0.3) is 0 Å². The Morgan fingerprint density at radius 2 is 2.00 bits per heavy atom. The number of hydrogen-bond donors (Lipinski definition) is 1. The molecule has 96 valence electrons. The quantitative estimate of drug-likeness (QED) is 0.679. The molecule has 1 heterocycles. The van der Waals surface area contributed by atoms with Gasteiger partial charge in [-0.15, -0.1) is 0 Å². The standard InChI is InChI=1S/C11H11NO5S/c1-7-2-3-9-8(6-7)12(10(13)11(14)15)4-5-18(9,16)17/h2-3,6H,4-5H2,1H3,(H,14,15). The third-order valence-corrected chi connectivity index (χ3v) is 4.49. The highest BCUT2D eigenvalue weighted by atomic mass is 32.2. The van der Waals surface area contributed by atoms with Crippen molar-refractivity contribution in [3.05, 3.63) is 23.8 Å². The first kappa shape index (κ1) is 12.6. The van der Waals surface area contributed by atoms with Crippen LogP contribution in [0.4, 0.5) is 5.69 Å². The Kier molecular flexibility index (Phi) is 2.86. The molecule has 0 saturated carbocycles. The molecule has 0 radical (unpaired) electrons. The van der Waals surface area contributed by atoms with Crippen LogP contribution in [0.5, 0.6) is 0 Å². The predicted molar refractivity (Wildman–Crippen MR) is 63.2 cm³/mol. The second-order valence-electron chi connectivity index (χ2n) is 4.05. The minimum Gasteiger partial charge on any atom is -0.474 e. The molecule has 0 aliphatic carbocycles. The van der Waals surface area contributed by atoms with Crippen molar-refractivity contribution >= 4 is 27.4 Å². The van der Waals surface area contributed by atoms with Gasteiger partial charge in [0.1, 0.15) is 0 Å². The molecule has 0 spiro atoms. The summed E-state index contributed by atoms with van der Waals surface area (Å²) < 4.78 is 23.7. The number of benzene rings is 1. The maximum Gasteiger partial charge on any atom is 0.394 e. The molecule has 0 bridgehead atoms. The number of sulfone groups is 1. The number of carbonyl (C=O) groups is 2. The third-order valence-electron chi connectivity index (χ3n) is 2.75. The number of amides is 1. The summed E-state index contributed by atoms with van der Waals surface area (Å²) in [4.78, 5) is 23.2. The van der Waals surface area contributed by atoms with Crippen LogP contribution in [0.3, 0.4) is 0 Å². The van der Waals surface area contributed by atoms with Crippen molar-refractivity contribution in [2.45, 2.75) is 11.8 Å². The SMILES string of the molecule is Cc1ccc2c(c1)N(C(=O)C(=O)O)CCS2(=O)=O. The van der Waals surface area contributed by atoms with E-state index in [0.717, 1.165) is 10.5 Å². The smallest absolute Gasteiger partial charge is 0.394 e. The van der Waals surface area contributed by atoms with Crippen molar-refractivity contribution in [2.75, 3.05) is 17.2 Å². The van der Waals surface area contributed by atoms with E-state index in [1.165, 1.54) is 12.1 Å². The summed E-state index contributed by atoms with van der Waals surface area (Å²) in [5.41, 5.74) is 0.905. The summed E-state index contributed by atoms with van der Waals surface area (Å²) in [6.45, 7) is 1.61. The highest BCUT2D eigenvalue weighted by Crippen LogP contribution is 2.31. The maximum atomic E-state index is 11.8. The number of carbonyl (C=O) groups excluding carboxylic acids is 1. The fourth-order valence-corrected chi connectivity index (χ4v) is 3.28. The molecular formula is C11H11NO5S. The largest absolute Gasteiger partial charge is 0.474 e. The lowest BCUT2D eigenvalue weighted by Crippen LogP contribution is -2.43. The second kappa shape index (κ2) is 4.09. The molecule has 1 aliphatic rings. The molecular weight excluding hydrogens is 258 g/mol. The van der Waals surface area contributed by atoms with E-state index in [9.17, 15) is 18.0 Å². The molecule has 0 aromatic heterocycles. The van der Waals surface area contributed by atoms with Gasteiger partial charge in [0.25, 0.3) is 0 Å². The number of nitrogens with zero attached hydrogens (tertiary/aromatic N) is 1. The van der Waals surface area contributed by atoms with Gasteiger partial charge in [-0.2, -0.15) is 0 Å². The molecule has 1 aromatic carbocycles. The van der Waals surface area contributed by atoms with Crippen LogP contribution in [-0.4, -0.2) is 37.7 Å². The Morgan fingerprint density at radius 1 is 1.33 bits per heavy atom. The van der Waals surface area contributed by atoms with Crippen molar-refractivity contribution in [3.63, 3.8) is 0 Å². The summed E-state index contributed by atoms with van der Waals surface area (Å²) in [7, 11) is -3.44. The van der Waals surface area contributed by atoms with E-state index in [1.54, 1.807) is 13.0 Å². The molecule has 0 atom stereocenters. The Labute approximate surface area is 104 Å². The van der Waals surface area contributed by atoms with E-state index in [-0.39, 0.29) is 22.9 Å². The first-order valence-electron chi connectivity index (χ1n) is 5.21. The maximum absolute atomic E-state index is 11.8. The van der Waals surface area contributed by atoms with Crippen LogP contribution in [0.2, 0.25) is 0 Å². The first-order valence-corrected chi connectivity index (χ1v) is 6.86. The molecule has 18 heavy (non-hydrogen) atoms. The van der Waals surface area contributed by atoms with Gasteiger partial charge in [-0.05, 0) is 24.6 Å². The highest BCUT2D eigenvalue weighted by Gasteiger charge is 2.33. The number of aryl methyl sites for hydroxylation is 1. The minimum atomic E-state index is -3.44. The number of hydrogen-bond acceptors (Lipinski definition) is 4. The molecule has 1 aromatic rings. The average Bonchev–Trinajstić information content (AvgIpc) is 2.27. The molecule has 0 fully saturated rings. The Hall–Kier alpha value is -1.89. The number of anilines is 1. The summed E-state index contributed by atoms with van der Waals surface area (Å²) in [5, 5.41) is 8.72. The van der Waals surface area contributed by atoms with Crippen molar-refractivity contribution < 1.29 is 23.1 Å². The minimum absolute atomic E-state index is 0.00829. The fourth-order valence-electron chi connectivity index (χ4n) is 1.87. The van der Waals surface area contributed by atoms with Crippen molar-refractivity contribution in [2.24, 2.45) is 0 Å². The van der Waals surface area contributed by atoms with Gasteiger partial charge < -0.3 is 10.0 Å².